The van der Waals surface area contributed by atoms with Gasteiger partial charge in [0.2, 0.25) is 0 Å². The number of carboxylic acid groups (broad SMARTS) is 1. The Morgan fingerprint density at radius 3 is 2.66 bits per heavy atom. The van der Waals surface area contributed by atoms with E-state index in [9.17, 15) is 18.0 Å². The van der Waals surface area contributed by atoms with Crippen LogP contribution < -0.4 is 4.90 Å². The van der Waals surface area contributed by atoms with Gasteiger partial charge in [-0.1, -0.05) is 54.9 Å². The Kier molecular flexibility index (Phi) is 7.66. The maximum atomic E-state index is 13.2. The Morgan fingerprint density at radius 1 is 1.17 bits per heavy atom. The second-order valence-corrected chi connectivity index (χ2v) is 10.3. The molecule has 2 aromatic carbocycles. The van der Waals surface area contributed by atoms with E-state index in [0.717, 1.165) is 73.3 Å². The molecule has 1 fully saturated rings. The van der Waals surface area contributed by atoms with Crippen molar-refractivity contribution in [3.05, 3.63) is 58.7 Å². The number of thiazole rings is 1. The number of carbonyl (C=O) groups is 1. The summed E-state index contributed by atoms with van der Waals surface area (Å²) in [5.74, 6) is -0.840. The van der Waals surface area contributed by atoms with E-state index in [0.29, 0.717) is 10.2 Å². The SMILES string of the molecule is CCCC[C@H]1CN(Cc2cc(C)cc(CC(=O)O)c2)CCN1c1nc2ccc(C(F)(F)F)cc2s1. The lowest BCUT2D eigenvalue weighted by Crippen LogP contribution is -2.53. The average Bonchev–Trinajstić information content (AvgIpc) is 3.19. The number of piperazine rings is 1. The molecule has 0 saturated carbocycles. The zero-order valence-electron chi connectivity index (χ0n) is 19.9. The summed E-state index contributed by atoms with van der Waals surface area (Å²) in [5, 5.41) is 9.93. The van der Waals surface area contributed by atoms with Crippen molar-refractivity contribution in [2.45, 2.75) is 58.3 Å². The molecule has 1 aliphatic rings. The second-order valence-electron chi connectivity index (χ2n) is 9.30. The first kappa shape index (κ1) is 25.4. The van der Waals surface area contributed by atoms with Crippen LogP contribution in [0.1, 0.15) is 48.4 Å². The third-order valence-electron chi connectivity index (χ3n) is 6.37. The van der Waals surface area contributed by atoms with Gasteiger partial charge in [-0.15, -0.1) is 0 Å². The predicted octanol–water partition coefficient (Wildman–Crippen LogP) is 6.13. The monoisotopic (exact) mass is 505 g/mol. The van der Waals surface area contributed by atoms with Gasteiger partial charge < -0.3 is 10.0 Å². The maximum Gasteiger partial charge on any atom is 0.416 e. The molecule has 188 valence electrons. The normalized spacial score (nSPS) is 17.3. The van der Waals surface area contributed by atoms with Crippen molar-refractivity contribution in [1.29, 1.82) is 0 Å². The number of anilines is 1. The van der Waals surface area contributed by atoms with Crippen LogP contribution in [-0.2, 0) is 23.9 Å². The number of carboxylic acids is 1. The average molecular weight is 506 g/mol. The minimum Gasteiger partial charge on any atom is -0.481 e. The first-order valence-corrected chi connectivity index (χ1v) is 12.7. The minimum atomic E-state index is -4.37. The van der Waals surface area contributed by atoms with Crippen LogP contribution in [0.5, 0.6) is 0 Å². The first-order valence-electron chi connectivity index (χ1n) is 11.9. The Balaban J connectivity index is 1.52. The largest absolute Gasteiger partial charge is 0.481 e. The van der Waals surface area contributed by atoms with E-state index in [-0.39, 0.29) is 12.5 Å². The summed E-state index contributed by atoms with van der Waals surface area (Å²) in [7, 11) is 0. The minimum absolute atomic E-state index is 0.00917. The standard InChI is InChI=1S/C26H30F3N3O2S/c1-3-4-5-21-16-31(15-19-11-17(2)10-18(12-19)13-24(33)34)8-9-32(21)25-30-22-7-6-20(26(27,28)29)14-23(22)35-25/h6-7,10-12,14,21H,3-5,8-9,13,15-16H2,1-2H3,(H,33,34)/t21-/m0/s1. The summed E-state index contributed by atoms with van der Waals surface area (Å²) in [6.45, 7) is 7.24. The number of alkyl halides is 3. The van der Waals surface area contributed by atoms with Crippen molar-refractivity contribution in [3.63, 3.8) is 0 Å². The highest BCUT2D eigenvalue weighted by Crippen LogP contribution is 2.36. The van der Waals surface area contributed by atoms with Crippen LogP contribution in [-0.4, -0.2) is 46.6 Å². The number of aryl methyl sites for hydroxylation is 1. The van der Waals surface area contributed by atoms with Gasteiger partial charge in [-0.25, -0.2) is 4.98 Å². The number of unbranched alkanes of at least 4 members (excludes halogenated alkanes) is 1. The van der Waals surface area contributed by atoms with Gasteiger partial charge in [-0.3, -0.25) is 9.69 Å². The summed E-state index contributed by atoms with van der Waals surface area (Å²) in [4.78, 5) is 20.5. The van der Waals surface area contributed by atoms with E-state index in [1.807, 2.05) is 19.1 Å². The van der Waals surface area contributed by atoms with Gasteiger partial charge in [-0.2, -0.15) is 13.2 Å². The summed E-state index contributed by atoms with van der Waals surface area (Å²) < 4.78 is 40.0. The highest BCUT2D eigenvalue weighted by molar-refractivity contribution is 7.22. The van der Waals surface area contributed by atoms with Gasteiger partial charge in [0, 0.05) is 32.2 Å². The molecule has 0 spiro atoms. The van der Waals surface area contributed by atoms with E-state index >= 15 is 0 Å². The van der Waals surface area contributed by atoms with Crippen LogP contribution >= 0.6 is 11.3 Å². The number of nitrogens with zero attached hydrogens (tertiary/aromatic N) is 3. The third kappa shape index (κ3) is 6.32. The van der Waals surface area contributed by atoms with Crippen molar-refractivity contribution < 1.29 is 23.1 Å². The molecule has 0 bridgehead atoms. The first-order chi connectivity index (χ1) is 16.6. The predicted molar refractivity (Wildman–Crippen MR) is 133 cm³/mol. The Labute approximate surface area is 207 Å². The van der Waals surface area contributed by atoms with E-state index in [1.54, 1.807) is 0 Å². The smallest absolute Gasteiger partial charge is 0.416 e. The lowest BCUT2D eigenvalue weighted by molar-refractivity contribution is -0.138. The highest BCUT2D eigenvalue weighted by Gasteiger charge is 2.32. The molecule has 0 unspecified atom stereocenters. The third-order valence-corrected chi connectivity index (χ3v) is 7.42. The molecule has 1 atom stereocenters. The van der Waals surface area contributed by atoms with Crippen LogP contribution in [0.15, 0.2) is 36.4 Å². The fraction of sp³-hybridized carbons (Fsp3) is 0.462. The van der Waals surface area contributed by atoms with Crippen molar-refractivity contribution in [3.8, 4) is 0 Å². The van der Waals surface area contributed by atoms with Crippen molar-refractivity contribution in [2.75, 3.05) is 24.5 Å². The molecule has 1 aliphatic heterocycles. The molecule has 3 aromatic rings. The maximum absolute atomic E-state index is 13.2. The van der Waals surface area contributed by atoms with Crippen molar-refractivity contribution in [2.24, 2.45) is 0 Å². The molecule has 9 heteroatoms. The Hall–Kier alpha value is -2.65. The second kappa shape index (κ2) is 10.5. The van der Waals surface area contributed by atoms with Crippen LogP contribution in [0.3, 0.4) is 0 Å². The van der Waals surface area contributed by atoms with Gasteiger partial charge in [0.15, 0.2) is 5.13 Å². The van der Waals surface area contributed by atoms with Crippen LogP contribution in [0.2, 0.25) is 0 Å². The van der Waals surface area contributed by atoms with Crippen LogP contribution in [0.25, 0.3) is 10.2 Å². The van der Waals surface area contributed by atoms with Gasteiger partial charge in [0.25, 0.3) is 0 Å². The molecule has 1 N–H and O–H groups in total. The molecule has 35 heavy (non-hydrogen) atoms. The number of fused-ring (bicyclic) bond motifs is 1. The van der Waals surface area contributed by atoms with Crippen molar-refractivity contribution in [1.82, 2.24) is 9.88 Å². The molecule has 0 amide bonds. The molecular formula is C26H30F3N3O2S. The van der Waals surface area contributed by atoms with E-state index in [2.05, 4.69) is 27.8 Å². The molecule has 2 heterocycles. The summed E-state index contributed by atoms with van der Waals surface area (Å²) in [6, 6.07) is 9.96. The molecule has 1 saturated heterocycles. The number of rotatable bonds is 8. The Morgan fingerprint density at radius 2 is 1.94 bits per heavy atom. The molecule has 4 rings (SSSR count). The van der Waals surface area contributed by atoms with Gasteiger partial charge in [0.1, 0.15) is 0 Å². The quantitative estimate of drug-likeness (QED) is 0.399. The highest BCUT2D eigenvalue weighted by atomic mass is 32.1. The van der Waals surface area contributed by atoms with E-state index in [4.69, 9.17) is 5.11 Å². The fourth-order valence-corrected chi connectivity index (χ4v) is 5.89. The molecule has 1 aromatic heterocycles. The lowest BCUT2D eigenvalue weighted by Gasteiger charge is -2.41. The van der Waals surface area contributed by atoms with E-state index < -0.39 is 17.7 Å². The summed E-state index contributed by atoms with van der Waals surface area (Å²) >= 11 is 1.33. The molecular weight excluding hydrogens is 475 g/mol. The number of hydrogen-bond acceptors (Lipinski definition) is 5. The zero-order valence-corrected chi connectivity index (χ0v) is 20.8. The summed E-state index contributed by atoms with van der Waals surface area (Å²) in [5.41, 5.74) is 2.91. The number of hydrogen-bond donors (Lipinski definition) is 1. The number of benzene rings is 2. The van der Waals surface area contributed by atoms with Gasteiger partial charge in [-0.05, 0) is 42.7 Å². The molecule has 0 aliphatic carbocycles. The van der Waals surface area contributed by atoms with Crippen LogP contribution in [0.4, 0.5) is 18.3 Å². The lowest BCUT2D eigenvalue weighted by atomic mass is 10.0. The zero-order chi connectivity index (χ0) is 25.2. The van der Waals surface area contributed by atoms with E-state index in [1.165, 1.54) is 23.5 Å². The number of aliphatic carboxylic acids is 1. The Bertz CT molecular complexity index is 1190. The van der Waals surface area contributed by atoms with Crippen molar-refractivity contribution >= 4 is 32.7 Å². The molecule has 5 nitrogen and oxygen atoms in total. The number of halogens is 3. The topological polar surface area (TPSA) is 56.7 Å². The van der Waals surface area contributed by atoms with Gasteiger partial charge >= 0.3 is 12.1 Å². The van der Waals surface area contributed by atoms with Gasteiger partial charge in [0.05, 0.1) is 22.2 Å². The fourth-order valence-electron chi connectivity index (χ4n) is 4.79. The number of aromatic nitrogens is 1. The van der Waals surface area contributed by atoms with Crippen LogP contribution in [0, 0.1) is 6.92 Å². The summed E-state index contributed by atoms with van der Waals surface area (Å²) in [6.07, 6.45) is -1.25. The molecule has 0 radical (unpaired) electrons.